The van der Waals surface area contributed by atoms with Crippen LogP contribution in [0.4, 0.5) is 11.8 Å². The molecule has 3 rings (SSSR count). The number of nitrogens with zero attached hydrogens (tertiary/aromatic N) is 4. The first-order valence-electron chi connectivity index (χ1n) is 8.12. The molecule has 0 aliphatic carbocycles. The second kappa shape index (κ2) is 6.81. The molecule has 0 saturated carbocycles. The first kappa shape index (κ1) is 15.5. The Bertz CT molecular complexity index is 654. The molecular formula is C17H23N5O. The molecule has 0 aromatic carbocycles. The Kier molecular flexibility index (Phi) is 4.60. The highest BCUT2D eigenvalue weighted by Crippen LogP contribution is 2.26. The monoisotopic (exact) mass is 313 g/mol. The van der Waals surface area contributed by atoms with Crippen molar-refractivity contribution in [1.29, 1.82) is 0 Å². The van der Waals surface area contributed by atoms with E-state index in [1.165, 1.54) is 0 Å². The number of ether oxygens (including phenoxy) is 1. The Morgan fingerprint density at radius 1 is 1.30 bits per heavy atom. The van der Waals surface area contributed by atoms with Crippen molar-refractivity contribution in [3.63, 3.8) is 0 Å². The Morgan fingerprint density at radius 2 is 2.09 bits per heavy atom. The van der Waals surface area contributed by atoms with Crippen molar-refractivity contribution < 1.29 is 4.74 Å². The zero-order valence-electron chi connectivity index (χ0n) is 13.7. The second-order valence-electron chi connectivity index (χ2n) is 5.82. The van der Waals surface area contributed by atoms with E-state index < -0.39 is 0 Å². The van der Waals surface area contributed by atoms with Crippen molar-refractivity contribution in [2.24, 2.45) is 0 Å². The van der Waals surface area contributed by atoms with Crippen molar-refractivity contribution in [3.8, 4) is 5.75 Å². The Balaban J connectivity index is 1.66. The number of aromatic nitrogens is 3. The number of rotatable bonds is 4. The summed E-state index contributed by atoms with van der Waals surface area (Å²) in [5, 5.41) is 0. The molecule has 1 aliphatic heterocycles. The molecule has 2 N–H and O–H groups in total. The average molecular weight is 313 g/mol. The summed E-state index contributed by atoms with van der Waals surface area (Å²) in [4.78, 5) is 15.2. The van der Waals surface area contributed by atoms with E-state index in [-0.39, 0.29) is 6.10 Å². The fourth-order valence-corrected chi connectivity index (χ4v) is 3.02. The molecule has 0 bridgehead atoms. The minimum Gasteiger partial charge on any atom is -0.489 e. The van der Waals surface area contributed by atoms with Crippen LogP contribution in [0.2, 0.25) is 0 Å². The lowest BCUT2D eigenvalue weighted by atomic mass is 10.1. The summed E-state index contributed by atoms with van der Waals surface area (Å²) >= 11 is 0. The summed E-state index contributed by atoms with van der Waals surface area (Å²) in [6, 6.07) is 3.84. The standard InChI is InChI=1S/C17H23N5O/c1-3-15-12(2)16(21-17(18)20-15)22-9-6-13(7-10-22)23-14-5-4-8-19-11-14/h4-5,8,11,13H,3,6-7,9-10H2,1-2H3,(H2,18,20,21). The number of anilines is 2. The predicted molar refractivity (Wildman–Crippen MR) is 90.7 cm³/mol. The van der Waals surface area contributed by atoms with Gasteiger partial charge >= 0.3 is 0 Å². The molecule has 0 amide bonds. The number of piperidine rings is 1. The minimum atomic E-state index is 0.223. The fourth-order valence-electron chi connectivity index (χ4n) is 3.02. The smallest absolute Gasteiger partial charge is 0.222 e. The van der Waals surface area contributed by atoms with E-state index >= 15 is 0 Å². The van der Waals surface area contributed by atoms with Gasteiger partial charge in [-0.15, -0.1) is 0 Å². The molecular weight excluding hydrogens is 290 g/mol. The first-order chi connectivity index (χ1) is 11.2. The number of hydrogen-bond acceptors (Lipinski definition) is 6. The molecule has 0 atom stereocenters. The Hall–Kier alpha value is -2.37. The van der Waals surface area contributed by atoms with E-state index in [4.69, 9.17) is 10.5 Å². The quantitative estimate of drug-likeness (QED) is 0.934. The van der Waals surface area contributed by atoms with Crippen LogP contribution in [0.3, 0.4) is 0 Å². The highest BCUT2D eigenvalue weighted by atomic mass is 16.5. The zero-order valence-corrected chi connectivity index (χ0v) is 13.7. The SMILES string of the molecule is CCc1nc(N)nc(N2CCC(Oc3cccnc3)CC2)c1C. The molecule has 0 spiro atoms. The van der Waals surface area contributed by atoms with Gasteiger partial charge in [-0.2, -0.15) is 4.98 Å². The zero-order chi connectivity index (χ0) is 16.2. The third kappa shape index (κ3) is 3.52. The van der Waals surface area contributed by atoms with Crippen LogP contribution in [0.15, 0.2) is 24.5 Å². The summed E-state index contributed by atoms with van der Waals surface area (Å²) in [5.74, 6) is 2.16. The van der Waals surface area contributed by atoms with Gasteiger partial charge in [0.1, 0.15) is 17.7 Å². The maximum Gasteiger partial charge on any atom is 0.222 e. The van der Waals surface area contributed by atoms with Crippen LogP contribution in [-0.2, 0) is 6.42 Å². The molecule has 3 heterocycles. The maximum absolute atomic E-state index is 5.99. The maximum atomic E-state index is 5.99. The van der Waals surface area contributed by atoms with Crippen LogP contribution >= 0.6 is 0 Å². The van der Waals surface area contributed by atoms with Gasteiger partial charge in [-0.1, -0.05) is 6.92 Å². The molecule has 2 aromatic rings. The van der Waals surface area contributed by atoms with Crippen LogP contribution in [0, 0.1) is 6.92 Å². The predicted octanol–water partition coefficient (Wildman–Crippen LogP) is 2.37. The molecule has 0 unspecified atom stereocenters. The van der Waals surface area contributed by atoms with Crippen molar-refractivity contribution in [3.05, 3.63) is 35.8 Å². The van der Waals surface area contributed by atoms with Gasteiger partial charge in [0.15, 0.2) is 0 Å². The third-order valence-corrected chi connectivity index (χ3v) is 4.25. The van der Waals surface area contributed by atoms with Crippen LogP contribution in [-0.4, -0.2) is 34.1 Å². The number of aryl methyl sites for hydroxylation is 1. The van der Waals surface area contributed by atoms with Crippen LogP contribution in [0.25, 0.3) is 0 Å². The normalized spacial score (nSPS) is 15.7. The third-order valence-electron chi connectivity index (χ3n) is 4.25. The number of nitrogen functional groups attached to an aromatic ring is 1. The molecule has 0 radical (unpaired) electrons. The average Bonchev–Trinajstić information content (AvgIpc) is 2.58. The Labute approximate surface area is 136 Å². The first-order valence-corrected chi connectivity index (χ1v) is 8.12. The fraction of sp³-hybridized carbons (Fsp3) is 0.471. The number of pyridine rings is 1. The lowest BCUT2D eigenvalue weighted by Crippen LogP contribution is -2.39. The van der Waals surface area contributed by atoms with Gasteiger partial charge in [0, 0.05) is 37.7 Å². The molecule has 6 heteroatoms. The van der Waals surface area contributed by atoms with E-state index in [9.17, 15) is 0 Å². The summed E-state index contributed by atoms with van der Waals surface area (Å²) in [5.41, 5.74) is 8.02. The lowest BCUT2D eigenvalue weighted by molar-refractivity contribution is 0.170. The van der Waals surface area contributed by atoms with E-state index in [0.29, 0.717) is 5.95 Å². The molecule has 6 nitrogen and oxygen atoms in total. The largest absolute Gasteiger partial charge is 0.489 e. The van der Waals surface area contributed by atoms with Crippen molar-refractivity contribution in [2.45, 2.75) is 39.2 Å². The van der Waals surface area contributed by atoms with Gasteiger partial charge in [-0.3, -0.25) is 4.98 Å². The van der Waals surface area contributed by atoms with Gasteiger partial charge in [-0.05, 0) is 25.5 Å². The van der Waals surface area contributed by atoms with Gasteiger partial charge in [0.25, 0.3) is 0 Å². The molecule has 1 saturated heterocycles. The molecule has 1 aliphatic rings. The molecule has 1 fully saturated rings. The highest BCUT2D eigenvalue weighted by Gasteiger charge is 2.23. The summed E-state index contributed by atoms with van der Waals surface area (Å²) in [6.07, 6.45) is 6.52. The van der Waals surface area contributed by atoms with Crippen LogP contribution in [0.1, 0.15) is 31.0 Å². The van der Waals surface area contributed by atoms with Crippen LogP contribution in [0.5, 0.6) is 5.75 Å². The number of hydrogen-bond donors (Lipinski definition) is 1. The van der Waals surface area contributed by atoms with Crippen molar-refractivity contribution in [2.75, 3.05) is 23.7 Å². The van der Waals surface area contributed by atoms with E-state index in [2.05, 4.69) is 33.7 Å². The second-order valence-corrected chi connectivity index (χ2v) is 5.82. The summed E-state index contributed by atoms with van der Waals surface area (Å²) in [6.45, 7) is 5.98. The topological polar surface area (TPSA) is 77.2 Å². The molecule has 2 aromatic heterocycles. The molecule has 122 valence electrons. The lowest BCUT2D eigenvalue weighted by Gasteiger charge is -2.34. The highest BCUT2D eigenvalue weighted by molar-refractivity contribution is 5.51. The van der Waals surface area contributed by atoms with E-state index in [1.54, 1.807) is 12.4 Å². The Morgan fingerprint density at radius 3 is 2.74 bits per heavy atom. The van der Waals surface area contributed by atoms with Gasteiger partial charge in [0.05, 0.1) is 11.9 Å². The van der Waals surface area contributed by atoms with Crippen LogP contribution < -0.4 is 15.4 Å². The van der Waals surface area contributed by atoms with Crippen molar-refractivity contribution >= 4 is 11.8 Å². The minimum absolute atomic E-state index is 0.223. The van der Waals surface area contributed by atoms with Gasteiger partial charge < -0.3 is 15.4 Å². The molecule has 23 heavy (non-hydrogen) atoms. The van der Waals surface area contributed by atoms with Gasteiger partial charge in [0.2, 0.25) is 5.95 Å². The van der Waals surface area contributed by atoms with Crippen molar-refractivity contribution in [1.82, 2.24) is 15.0 Å². The van der Waals surface area contributed by atoms with Gasteiger partial charge in [-0.25, -0.2) is 4.98 Å². The van der Waals surface area contributed by atoms with E-state index in [0.717, 1.165) is 55.2 Å². The summed E-state index contributed by atoms with van der Waals surface area (Å²) < 4.78 is 5.99. The summed E-state index contributed by atoms with van der Waals surface area (Å²) in [7, 11) is 0. The van der Waals surface area contributed by atoms with E-state index in [1.807, 2.05) is 12.1 Å². The number of nitrogens with two attached hydrogens (primary N) is 1.